The predicted molar refractivity (Wildman–Crippen MR) is 79.1 cm³/mol. The fourth-order valence-electron chi connectivity index (χ4n) is 2.16. The highest BCUT2D eigenvalue weighted by atomic mass is 32.2. The summed E-state index contributed by atoms with van der Waals surface area (Å²) < 4.78 is 42.3. The summed E-state index contributed by atoms with van der Waals surface area (Å²) in [5.41, 5.74) is 0.787. The number of halogens is 1. The van der Waals surface area contributed by atoms with E-state index in [2.05, 4.69) is 0 Å². The first-order valence-electron chi connectivity index (χ1n) is 6.83. The van der Waals surface area contributed by atoms with Crippen LogP contribution in [-0.2, 0) is 19.6 Å². The van der Waals surface area contributed by atoms with E-state index in [1.807, 2.05) is 0 Å². The second kappa shape index (κ2) is 6.72. The Hall–Kier alpha value is -1.51. The summed E-state index contributed by atoms with van der Waals surface area (Å²) >= 11 is 0. The van der Waals surface area contributed by atoms with Gasteiger partial charge in [-0.3, -0.25) is 4.79 Å². The molecule has 22 heavy (non-hydrogen) atoms. The largest absolute Gasteiger partial charge is 0.370 e. The molecule has 0 bridgehead atoms. The maximum absolute atomic E-state index is 12.9. The van der Waals surface area contributed by atoms with Gasteiger partial charge in [-0.1, -0.05) is 12.1 Å². The van der Waals surface area contributed by atoms with E-state index in [0.717, 1.165) is 16.1 Å². The molecule has 0 aromatic heterocycles. The number of nitrogens with zero attached hydrogens (tertiary/aromatic N) is 2. The van der Waals surface area contributed by atoms with Crippen LogP contribution < -0.4 is 0 Å². The van der Waals surface area contributed by atoms with Crippen molar-refractivity contribution in [2.45, 2.75) is 6.10 Å². The molecule has 1 aliphatic heterocycles. The fourth-order valence-corrected chi connectivity index (χ4v) is 2.51. The number of hydrogen-bond acceptors (Lipinski definition) is 4. The van der Waals surface area contributed by atoms with Crippen LogP contribution in [0, 0.1) is 5.82 Å². The van der Waals surface area contributed by atoms with Crippen LogP contribution in [0.25, 0.3) is 0 Å². The number of benzene rings is 1. The van der Waals surface area contributed by atoms with Gasteiger partial charge >= 0.3 is 0 Å². The normalized spacial score (nSPS) is 19.5. The molecule has 1 atom stereocenters. The molecule has 6 nitrogen and oxygen atoms in total. The van der Waals surface area contributed by atoms with E-state index in [1.165, 1.54) is 19.2 Å². The number of carbonyl (C=O) groups is 1. The van der Waals surface area contributed by atoms with E-state index in [1.54, 1.807) is 17.0 Å². The Morgan fingerprint density at radius 2 is 2.05 bits per heavy atom. The van der Waals surface area contributed by atoms with Crippen LogP contribution in [0.15, 0.2) is 24.3 Å². The number of carbonyl (C=O) groups excluding carboxylic acids is 1. The number of amides is 1. The molecular formula is C14H19FN2O4S. The minimum absolute atomic E-state index is 0.199. The van der Waals surface area contributed by atoms with Gasteiger partial charge < -0.3 is 9.64 Å². The Labute approximate surface area is 129 Å². The molecule has 1 aromatic rings. The van der Waals surface area contributed by atoms with Gasteiger partial charge in [0.05, 0.1) is 26.0 Å². The Balaban J connectivity index is 2.01. The smallest absolute Gasteiger partial charge is 0.238 e. The molecule has 0 radical (unpaired) electrons. The monoisotopic (exact) mass is 330 g/mol. The van der Waals surface area contributed by atoms with Crippen LogP contribution in [0.1, 0.15) is 11.7 Å². The summed E-state index contributed by atoms with van der Waals surface area (Å²) in [6, 6.07) is 5.93. The summed E-state index contributed by atoms with van der Waals surface area (Å²) in [5, 5.41) is 0. The number of hydrogen-bond donors (Lipinski definition) is 0. The molecule has 2 rings (SSSR count). The summed E-state index contributed by atoms with van der Waals surface area (Å²) in [5.74, 6) is -0.606. The topological polar surface area (TPSA) is 66.9 Å². The quantitative estimate of drug-likeness (QED) is 0.812. The summed E-state index contributed by atoms with van der Waals surface area (Å²) in [7, 11) is -2.03. The van der Waals surface area contributed by atoms with Gasteiger partial charge in [0.15, 0.2) is 0 Å². The van der Waals surface area contributed by atoms with Gasteiger partial charge in [-0.05, 0) is 17.7 Å². The number of rotatable bonds is 4. The van der Waals surface area contributed by atoms with Crippen molar-refractivity contribution in [3.63, 3.8) is 0 Å². The molecule has 1 aliphatic rings. The first kappa shape index (κ1) is 16.9. The predicted octanol–water partition coefficient (Wildman–Crippen LogP) is 0.617. The SMILES string of the molecule is CN(CC(=O)N1CCO[C@@H](c2ccc(F)cc2)C1)S(C)(=O)=O. The number of ether oxygens (including phenoxy) is 1. The molecule has 0 N–H and O–H groups in total. The van der Waals surface area contributed by atoms with Crippen LogP contribution in [-0.4, -0.2) is 63.1 Å². The van der Waals surface area contributed by atoms with E-state index in [4.69, 9.17) is 4.74 Å². The van der Waals surface area contributed by atoms with Gasteiger partial charge in [0.25, 0.3) is 0 Å². The highest BCUT2D eigenvalue weighted by molar-refractivity contribution is 7.88. The Kier molecular flexibility index (Phi) is 5.15. The molecule has 1 saturated heterocycles. The van der Waals surface area contributed by atoms with Crippen LogP contribution in [0.2, 0.25) is 0 Å². The van der Waals surface area contributed by atoms with Gasteiger partial charge in [-0.25, -0.2) is 12.8 Å². The van der Waals surface area contributed by atoms with Crippen molar-refractivity contribution in [2.75, 3.05) is 39.5 Å². The van der Waals surface area contributed by atoms with Crippen molar-refractivity contribution in [2.24, 2.45) is 0 Å². The van der Waals surface area contributed by atoms with Crippen molar-refractivity contribution in [3.05, 3.63) is 35.6 Å². The molecule has 1 aromatic carbocycles. The lowest BCUT2D eigenvalue weighted by Crippen LogP contribution is -2.46. The van der Waals surface area contributed by atoms with Gasteiger partial charge in [0, 0.05) is 13.6 Å². The summed E-state index contributed by atoms with van der Waals surface area (Å²) in [6.07, 6.45) is 0.725. The third-order valence-electron chi connectivity index (χ3n) is 3.59. The lowest BCUT2D eigenvalue weighted by Gasteiger charge is -2.34. The summed E-state index contributed by atoms with van der Waals surface area (Å²) in [6.45, 7) is 0.890. The summed E-state index contributed by atoms with van der Waals surface area (Å²) in [4.78, 5) is 13.8. The van der Waals surface area contributed by atoms with Gasteiger partial charge in [-0.2, -0.15) is 4.31 Å². The van der Waals surface area contributed by atoms with Crippen LogP contribution in [0.3, 0.4) is 0 Å². The lowest BCUT2D eigenvalue weighted by atomic mass is 10.1. The van der Waals surface area contributed by atoms with Crippen LogP contribution >= 0.6 is 0 Å². The fraction of sp³-hybridized carbons (Fsp3) is 0.500. The van der Waals surface area contributed by atoms with Crippen molar-refractivity contribution >= 4 is 15.9 Å². The highest BCUT2D eigenvalue weighted by Gasteiger charge is 2.27. The molecule has 0 saturated carbocycles. The second-order valence-corrected chi connectivity index (χ2v) is 7.36. The zero-order valence-electron chi connectivity index (χ0n) is 12.5. The Morgan fingerprint density at radius 3 is 2.64 bits per heavy atom. The molecule has 1 heterocycles. The van der Waals surface area contributed by atoms with Gasteiger partial charge in [0.2, 0.25) is 15.9 Å². The van der Waals surface area contributed by atoms with Crippen molar-refractivity contribution < 1.29 is 22.3 Å². The van der Waals surface area contributed by atoms with E-state index in [-0.39, 0.29) is 24.4 Å². The van der Waals surface area contributed by atoms with E-state index >= 15 is 0 Å². The highest BCUT2D eigenvalue weighted by Crippen LogP contribution is 2.22. The third-order valence-corrected chi connectivity index (χ3v) is 4.85. The van der Waals surface area contributed by atoms with E-state index < -0.39 is 10.0 Å². The number of sulfonamides is 1. The standard InChI is InChI=1S/C14H19FN2O4S/c1-16(22(2,19)20)10-14(18)17-7-8-21-13(9-17)11-3-5-12(15)6-4-11/h3-6,13H,7-10H2,1-2H3/t13-/m1/s1. The minimum atomic E-state index is -3.39. The maximum atomic E-state index is 12.9. The minimum Gasteiger partial charge on any atom is -0.370 e. The Bertz CT molecular complexity index is 633. The average Bonchev–Trinajstić information content (AvgIpc) is 2.47. The van der Waals surface area contributed by atoms with Crippen LogP contribution in [0.4, 0.5) is 4.39 Å². The zero-order valence-corrected chi connectivity index (χ0v) is 13.3. The third kappa shape index (κ3) is 4.25. The number of morpholine rings is 1. The molecule has 8 heteroatoms. The number of likely N-dealkylation sites (N-methyl/N-ethyl adjacent to an activating group) is 1. The molecular weight excluding hydrogens is 311 g/mol. The molecule has 1 amide bonds. The first-order chi connectivity index (χ1) is 10.3. The molecule has 0 unspecified atom stereocenters. The average molecular weight is 330 g/mol. The van der Waals surface area contributed by atoms with Crippen molar-refractivity contribution in [3.8, 4) is 0 Å². The Morgan fingerprint density at radius 1 is 1.41 bits per heavy atom. The molecule has 0 aliphatic carbocycles. The van der Waals surface area contributed by atoms with Crippen LogP contribution in [0.5, 0.6) is 0 Å². The lowest BCUT2D eigenvalue weighted by molar-refractivity contribution is -0.139. The molecule has 1 fully saturated rings. The van der Waals surface area contributed by atoms with E-state index in [0.29, 0.717) is 19.7 Å². The van der Waals surface area contributed by atoms with Crippen molar-refractivity contribution in [1.82, 2.24) is 9.21 Å². The second-order valence-electron chi connectivity index (χ2n) is 5.27. The molecule has 122 valence electrons. The molecule has 0 spiro atoms. The maximum Gasteiger partial charge on any atom is 0.238 e. The zero-order chi connectivity index (χ0) is 16.3. The van der Waals surface area contributed by atoms with Gasteiger partial charge in [0.1, 0.15) is 11.9 Å². The van der Waals surface area contributed by atoms with Gasteiger partial charge in [-0.15, -0.1) is 0 Å². The first-order valence-corrected chi connectivity index (χ1v) is 8.68. The van der Waals surface area contributed by atoms with E-state index in [9.17, 15) is 17.6 Å². The van der Waals surface area contributed by atoms with Crippen molar-refractivity contribution in [1.29, 1.82) is 0 Å².